The minimum absolute atomic E-state index is 0.224. The minimum Gasteiger partial charge on any atom is -0.465 e. The molecule has 1 heterocycles. The van der Waals surface area contributed by atoms with Crippen LogP contribution in [0.3, 0.4) is 0 Å². The van der Waals surface area contributed by atoms with Crippen LogP contribution in [0.2, 0.25) is 0 Å². The molecule has 1 atom stereocenters. The summed E-state index contributed by atoms with van der Waals surface area (Å²) in [6, 6.07) is 7.94. The van der Waals surface area contributed by atoms with Gasteiger partial charge >= 0.3 is 5.97 Å². The maximum Gasteiger partial charge on any atom is 0.315 e. The number of carbonyl (C=O) groups is 1. The van der Waals surface area contributed by atoms with Crippen molar-refractivity contribution in [2.75, 3.05) is 6.61 Å². The maximum atomic E-state index is 11.7. The van der Waals surface area contributed by atoms with Crippen LogP contribution in [-0.4, -0.2) is 17.6 Å². The van der Waals surface area contributed by atoms with E-state index in [1.54, 1.807) is 6.92 Å². The van der Waals surface area contributed by atoms with Crippen molar-refractivity contribution in [2.24, 2.45) is 0 Å². The monoisotopic (exact) mass is 339 g/mol. The molecule has 0 aliphatic carbocycles. The van der Waals surface area contributed by atoms with Crippen LogP contribution in [0.15, 0.2) is 34.1 Å². The van der Waals surface area contributed by atoms with Gasteiger partial charge in [0.05, 0.1) is 12.3 Å². The molecule has 0 aliphatic rings. The highest BCUT2D eigenvalue weighted by Gasteiger charge is 2.20. The van der Waals surface area contributed by atoms with E-state index in [4.69, 9.17) is 4.74 Å². The molecular weight excluding hydrogens is 326 g/mol. The third kappa shape index (κ3) is 3.42. The molecule has 1 unspecified atom stereocenters. The van der Waals surface area contributed by atoms with Crippen LogP contribution in [0.1, 0.15) is 24.8 Å². The number of halogens is 1. The van der Waals surface area contributed by atoms with E-state index < -0.39 is 0 Å². The van der Waals surface area contributed by atoms with Crippen molar-refractivity contribution < 1.29 is 9.53 Å². The fourth-order valence-corrected chi connectivity index (χ4v) is 2.91. The first kappa shape index (κ1) is 14.2. The summed E-state index contributed by atoms with van der Waals surface area (Å²) in [4.78, 5) is 16.2. The first-order valence-electron chi connectivity index (χ1n) is 5.99. The highest BCUT2D eigenvalue weighted by atomic mass is 79.9. The van der Waals surface area contributed by atoms with E-state index in [0.717, 1.165) is 20.7 Å². The van der Waals surface area contributed by atoms with Crippen LogP contribution in [0, 0.1) is 0 Å². The summed E-state index contributed by atoms with van der Waals surface area (Å²) in [5.74, 6) is -0.538. The molecule has 100 valence electrons. The van der Waals surface area contributed by atoms with Crippen molar-refractivity contribution in [1.29, 1.82) is 0 Å². The van der Waals surface area contributed by atoms with Gasteiger partial charge in [-0.25, -0.2) is 4.98 Å². The number of carbonyl (C=O) groups excluding carboxylic acids is 1. The molecular formula is C14H14BrNO2S. The predicted molar refractivity (Wildman–Crippen MR) is 80.3 cm³/mol. The quantitative estimate of drug-likeness (QED) is 0.782. The van der Waals surface area contributed by atoms with E-state index in [9.17, 15) is 4.79 Å². The number of benzene rings is 1. The molecule has 2 aromatic rings. The van der Waals surface area contributed by atoms with Gasteiger partial charge in [0.1, 0.15) is 10.9 Å². The Morgan fingerprint density at radius 2 is 2.32 bits per heavy atom. The van der Waals surface area contributed by atoms with Gasteiger partial charge in [-0.2, -0.15) is 0 Å². The summed E-state index contributed by atoms with van der Waals surface area (Å²) >= 11 is 4.93. The Bertz CT molecular complexity index is 582. The first-order chi connectivity index (χ1) is 9.11. The Balaban J connectivity index is 2.21. The molecule has 1 aromatic carbocycles. The van der Waals surface area contributed by atoms with E-state index in [1.807, 2.05) is 36.6 Å². The fraction of sp³-hybridized carbons (Fsp3) is 0.286. The fourth-order valence-electron chi connectivity index (χ4n) is 1.63. The molecule has 0 fully saturated rings. The summed E-state index contributed by atoms with van der Waals surface area (Å²) in [5, 5.41) is 2.75. The van der Waals surface area contributed by atoms with Gasteiger partial charge in [-0.05, 0) is 26.0 Å². The summed E-state index contributed by atoms with van der Waals surface area (Å²) in [6.45, 7) is 4.02. The molecule has 19 heavy (non-hydrogen) atoms. The maximum absolute atomic E-state index is 11.7. The topological polar surface area (TPSA) is 39.2 Å². The number of esters is 1. The van der Waals surface area contributed by atoms with Crippen molar-refractivity contribution in [3.63, 3.8) is 0 Å². The molecule has 1 aromatic heterocycles. The van der Waals surface area contributed by atoms with Gasteiger partial charge in [0.25, 0.3) is 0 Å². The molecule has 0 saturated carbocycles. The molecule has 0 N–H and O–H groups in total. The summed E-state index contributed by atoms with van der Waals surface area (Å²) in [5.41, 5.74) is 1.92. The standard InChI is InChI=1S/C14H14BrNO2S/c1-3-18-14(17)9(2)13-16-12(8-19-13)10-5-4-6-11(15)7-10/h4-9H,3H2,1-2H3. The second kappa shape index (κ2) is 6.30. The van der Waals surface area contributed by atoms with Gasteiger partial charge < -0.3 is 4.74 Å². The Morgan fingerprint density at radius 3 is 3.00 bits per heavy atom. The Morgan fingerprint density at radius 1 is 1.53 bits per heavy atom. The lowest BCUT2D eigenvalue weighted by molar-refractivity contribution is -0.144. The number of thiazole rings is 1. The van der Waals surface area contributed by atoms with Gasteiger partial charge in [0.2, 0.25) is 0 Å². The number of hydrogen-bond donors (Lipinski definition) is 0. The van der Waals surface area contributed by atoms with Gasteiger partial charge in [0, 0.05) is 15.4 Å². The average molecular weight is 340 g/mol. The smallest absolute Gasteiger partial charge is 0.315 e. The molecule has 0 amide bonds. The number of nitrogens with zero attached hydrogens (tertiary/aromatic N) is 1. The Labute approximate surface area is 124 Å². The van der Waals surface area contributed by atoms with Crippen LogP contribution in [0.25, 0.3) is 11.3 Å². The van der Waals surface area contributed by atoms with Crippen molar-refractivity contribution in [3.05, 3.63) is 39.1 Å². The van der Waals surface area contributed by atoms with Gasteiger partial charge in [0.15, 0.2) is 0 Å². The largest absolute Gasteiger partial charge is 0.465 e. The zero-order chi connectivity index (χ0) is 13.8. The number of aromatic nitrogens is 1. The molecule has 0 aliphatic heterocycles. The number of hydrogen-bond acceptors (Lipinski definition) is 4. The van der Waals surface area contributed by atoms with E-state index >= 15 is 0 Å². The number of rotatable bonds is 4. The van der Waals surface area contributed by atoms with E-state index in [0.29, 0.717) is 6.61 Å². The summed E-state index contributed by atoms with van der Waals surface area (Å²) in [6.07, 6.45) is 0. The second-order valence-corrected chi connectivity index (χ2v) is 5.86. The van der Waals surface area contributed by atoms with Crippen molar-refractivity contribution in [3.8, 4) is 11.3 Å². The highest BCUT2D eigenvalue weighted by Crippen LogP contribution is 2.28. The lowest BCUT2D eigenvalue weighted by atomic mass is 10.1. The molecule has 0 radical (unpaired) electrons. The molecule has 0 saturated heterocycles. The molecule has 2 rings (SSSR count). The first-order valence-corrected chi connectivity index (χ1v) is 7.67. The third-order valence-electron chi connectivity index (χ3n) is 2.65. The van der Waals surface area contributed by atoms with Crippen LogP contribution in [0.5, 0.6) is 0 Å². The third-order valence-corrected chi connectivity index (χ3v) is 4.17. The second-order valence-electron chi connectivity index (χ2n) is 4.06. The normalized spacial score (nSPS) is 12.2. The van der Waals surface area contributed by atoms with Crippen LogP contribution in [0.4, 0.5) is 0 Å². The van der Waals surface area contributed by atoms with Crippen LogP contribution >= 0.6 is 27.3 Å². The minimum atomic E-state index is -0.314. The Kier molecular flexibility index (Phi) is 4.71. The van der Waals surface area contributed by atoms with Crippen LogP contribution < -0.4 is 0 Å². The SMILES string of the molecule is CCOC(=O)C(C)c1nc(-c2cccc(Br)c2)cs1. The lowest BCUT2D eigenvalue weighted by Gasteiger charge is -2.06. The Hall–Kier alpha value is -1.20. The lowest BCUT2D eigenvalue weighted by Crippen LogP contribution is -2.12. The van der Waals surface area contributed by atoms with E-state index in [-0.39, 0.29) is 11.9 Å². The van der Waals surface area contributed by atoms with Gasteiger partial charge in [-0.3, -0.25) is 4.79 Å². The molecule has 0 bridgehead atoms. The van der Waals surface area contributed by atoms with Crippen molar-refractivity contribution in [2.45, 2.75) is 19.8 Å². The summed E-state index contributed by atoms with van der Waals surface area (Å²) in [7, 11) is 0. The molecule has 3 nitrogen and oxygen atoms in total. The van der Waals surface area contributed by atoms with Crippen molar-refractivity contribution in [1.82, 2.24) is 4.98 Å². The molecule has 5 heteroatoms. The molecule has 0 spiro atoms. The van der Waals surface area contributed by atoms with E-state index in [1.165, 1.54) is 11.3 Å². The van der Waals surface area contributed by atoms with Crippen molar-refractivity contribution >= 4 is 33.2 Å². The zero-order valence-corrected chi connectivity index (χ0v) is 13.1. The number of ether oxygens (including phenoxy) is 1. The predicted octanol–water partition coefficient (Wildman–Crippen LogP) is 4.24. The van der Waals surface area contributed by atoms with Gasteiger partial charge in [-0.1, -0.05) is 28.1 Å². The highest BCUT2D eigenvalue weighted by molar-refractivity contribution is 9.10. The van der Waals surface area contributed by atoms with Crippen LogP contribution in [-0.2, 0) is 9.53 Å². The average Bonchev–Trinajstić information content (AvgIpc) is 2.87. The van der Waals surface area contributed by atoms with Gasteiger partial charge in [-0.15, -0.1) is 11.3 Å². The zero-order valence-electron chi connectivity index (χ0n) is 10.7. The van der Waals surface area contributed by atoms with E-state index in [2.05, 4.69) is 20.9 Å². The summed E-state index contributed by atoms with van der Waals surface area (Å²) < 4.78 is 6.02.